The number of hydrogen-bond donors (Lipinski definition) is 2. The van der Waals surface area contributed by atoms with Gasteiger partial charge >= 0.3 is 0 Å². The molecule has 94 valence electrons. The van der Waals surface area contributed by atoms with E-state index in [0.717, 1.165) is 12.8 Å². The SMILES string of the molecule is CCC(CC)N(C)c1ccc(C(=N)N)cc1F. The number of halogens is 1. The van der Waals surface area contributed by atoms with Crippen molar-refractivity contribution in [2.24, 2.45) is 5.73 Å². The van der Waals surface area contributed by atoms with Gasteiger partial charge in [0, 0.05) is 18.7 Å². The van der Waals surface area contributed by atoms with Crippen LogP contribution in [0.25, 0.3) is 0 Å². The summed E-state index contributed by atoms with van der Waals surface area (Å²) in [6.07, 6.45) is 1.95. The van der Waals surface area contributed by atoms with Gasteiger partial charge in [-0.1, -0.05) is 13.8 Å². The lowest BCUT2D eigenvalue weighted by Gasteiger charge is -2.28. The molecule has 0 aliphatic rings. The Bertz CT molecular complexity index is 400. The van der Waals surface area contributed by atoms with Gasteiger partial charge in [0.05, 0.1) is 5.69 Å². The first-order valence-electron chi connectivity index (χ1n) is 5.88. The average molecular weight is 237 g/mol. The maximum Gasteiger partial charge on any atom is 0.147 e. The van der Waals surface area contributed by atoms with Crippen LogP contribution in [0.3, 0.4) is 0 Å². The number of nitrogens with zero attached hydrogens (tertiary/aromatic N) is 1. The predicted octanol–water partition coefficient (Wildman–Crippen LogP) is 2.73. The Balaban J connectivity index is 3.03. The van der Waals surface area contributed by atoms with E-state index >= 15 is 0 Å². The predicted molar refractivity (Wildman–Crippen MR) is 70.2 cm³/mol. The van der Waals surface area contributed by atoms with Gasteiger partial charge in [-0.15, -0.1) is 0 Å². The molecule has 0 saturated carbocycles. The normalized spacial score (nSPS) is 10.6. The Morgan fingerprint density at radius 1 is 1.41 bits per heavy atom. The molecule has 1 aromatic rings. The molecule has 0 spiro atoms. The van der Waals surface area contributed by atoms with E-state index in [-0.39, 0.29) is 11.7 Å². The molecule has 0 aliphatic carbocycles. The summed E-state index contributed by atoms with van der Waals surface area (Å²) in [5.74, 6) is -0.437. The summed E-state index contributed by atoms with van der Waals surface area (Å²) in [6.45, 7) is 4.18. The molecule has 0 aromatic heterocycles. The van der Waals surface area contributed by atoms with Crippen LogP contribution >= 0.6 is 0 Å². The quantitative estimate of drug-likeness (QED) is 0.611. The Hall–Kier alpha value is -1.58. The van der Waals surface area contributed by atoms with Crippen LogP contribution in [0.15, 0.2) is 18.2 Å². The third-order valence-electron chi connectivity index (χ3n) is 3.13. The fraction of sp³-hybridized carbons (Fsp3) is 0.462. The Morgan fingerprint density at radius 2 is 2.00 bits per heavy atom. The summed E-state index contributed by atoms with van der Waals surface area (Å²) in [5, 5.41) is 7.26. The minimum absolute atomic E-state index is 0.111. The number of amidine groups is 1. The molecule has 4 heteroatoms. The van der Waals surface area contributed by atoms with Crippen LogP contribution in [0, 0.1) is 11.2 Å². The molecular weight excluding hydrogens is 217 g/mol. The highest BCUT2D eigenvalue weighted by Crippen LogP contribution is 2.23. The molecule has 0 atom stereocenters. The third kappa shape index (κ3) is 2.96. The first kappa shape index (κ1) is 13.5. The summed E-state index contributed by atoms with van der Waals surface area (Å²) >= 11 is 0. The van der Waals surface area contributed by atoms with Crippen LogP contribution in [0.2, 0.25) is 0 Å². The van der Waals surface area contributed by atoms with Gasteiger partial charge in [0.25, 0.3) is 0 Å². The van der Waals surface area contributed by atoms with Crippen molar-refractivity contribution >= 4 is 11.5 Å². The largest absolute Gasteiger partial charge is 0.384 e. The van der Waals surface area contributed by atoms with Gasteiger partial charge in [-0.3, -0.25) is 5.41 Å². The van der Waals surface area contributed by atoms with Crippen LogP contribution in [-0.4, -0.2) is 18.9 Å². The Kier molecular flexibility index (Phi) is 4.49. The summed E-state index contributed by atoms with van der Waals surface area (Å²) in [5.41, 5.74) is 6.30. The molecule has 0 heterocycles. The van der Waals surface area contributed by atoms with Gasteiger partial charge in [-0.25, -0.2) is 4.39 Å². The number of nitrogens with one attached hydrogen (secondary N) is 1. The van der Waals surface area contributed by atoms with E-state index in [2.05, 4.69) is 13.8 Å². The van der Waals surface area contributed by atoms with E-state index < -0.39 is 0 Å². The zero-order chi connectivity index (χ0) is 13.0. The second kappa shape index (κ2) is 5.66. The molecule has 0 unspecified atom stereocenters. The number of hydrogen-bond acceptors (Lipinski definition) is 2. The monoisotopic (exact) mass is 237 g/mol. The van der Waals surface area contributed by atoms with Crippen LogP contribution in [-0.2, 0) is 0 Å². The van der Waals surface area contributed by atoms with E-state index in [1.807, 2.05) is 11.9 Å². The molecular formula is C13H20FN3. The van der Waals surface area contributed by atoms with E-state index in [9.17, 15) is 4.39 Å². The summed E-state index contributed by atoms with van der Waals surface area (Å²) < 4.78 is 13.9. The van der Waals surface area contributed by atoms with Crippen molar-refractivity contribution in [3.05, 3.63) is 29.6 Å². The van der Waals surface area contributed by atoms with Gasteiger partial charge < -0.3 is 10.6 Å². The van der Waals surface area contributed by atoms with Crippen molar-refractivity contribution in [1.82, 2.24) is 0 Å². The highest BCUT2D eigenvalue weighted by Gasteiger charge is 2.15. The number of anilines is 1. The standard InChI is InChI=1S/C13H20FN3/c1-4-10(5-2)17(3)12-7-6-9(13(15)16)8-11(12)14/h6-8,10H,4-5H2,1-3H3,(H3,15,16). The topological polar surface area (TPSA) is 53.1 Å². The lowest BCUT2D eigenvalue weighted by atomic mass is 10.1. The second-order valence-corrected chi connectivity index (χ2v) is 4.16. The van der Waals surface area contributed by atoms with E-state index in [4.69, 9.17) is 11.1 Å². The summed E-state index contributed by atoms with van der Waals surface area (Å²) in [4.78, 5) is 1.94. The molecule has 3 nitrogen and oxygen atoms in total. The smallest absolute Gasteiger partial charge is 0.147 e. The van der Waals surface area contributed by atoms with Crippen LogP contribution in [0.1, 0.15) is 32.3 Å². The van der Waals surface area contributed by atoms with Crippen LogP contribution < -0.4 is 10.6 Å². The van der Waals surface area contributed by atoms with Crippen LogP contribution in [0.5, 0.6) is 0 Å². The lowest BCUT2D eigenvalue weighted by Crippen LogP contribution is -2.31. The summed E-state index contributed by atoms with van der Waals surface area (Å²) in [7, 11) is 1.89. The molecule has 0 fully saturated rings. The van der Waals surface area contributed by atoms with Gasteiger partial charge in [-0.2, -0.15) is 0 Å². The Morgan fingerprint density at radius 3 is 2.41 bits per heavy atom. The molecule has 1 aromatic carbocycles. The van der Waals surface area contributed by atoms with Crippen molar-refractivity contribution in [3.8, 4) is 0 Å². The fourth-order valence-corrected chi connectivity index (χ4v) is 1.99. The minimum Gasteiger partial charge on any atom is -0.384 e. The van der Waals surface area contributed by atoms with Crippen molar-refractivity contribution in [3.63, 3.8) is 0 Å². The average Bonchev–Trinajstić information content (AvgIpc) is 2.30. The molecule has 0 aliphatic heterocycles. The molecule has 17 heavy (non-hydrogen) atoms. The second-order valence-electron chi connectivity index (χ2n) is 4.16. The van der Waals surface area contributed by atoms with Gasteiger partial charge in [0.1, 0.15) is 11.7 Å². The van der Waals surface area contributed by atoms with Crippen molar-refractivity contribution in [2.75, 3.05) is 11.9 Å². The van der Waals surface area contributed by atoms with Crippen molar-refractivity contribution in [1.29, 1.82) is 5.41 Å². The fourth-order valence-electron chi connectivity index (χ4n) is 1.99. The first-order valence-corrected chi connectivity index (χ1v) is 5.88. The molecule has 1 rings (SSSR count). The number of benzene rings is 1. The molecule has 0 radical (unpaired) electrons. The number of rotatable bonds is 5. The maximum atomic E-state index is 13.9. The van der Waals surface area contributed by atoms with E-state index in [0.29, 0.717) is 17.3 Å². The van der Waals surface area contributed by atoms with Crippen molar-refractivity contribution in [2.45, 2.75) is 32.7 Å². The van der Waals surface area contributed by atoms with E-state index in [1.54, 1.807) is 12.1 Å². The third-order valence-corrected chi connectivity index (χ3v) is 3.13. The highest BCUT2D eigenvalue weighted by molar-refractivity contribution is 5.95. The first-order chi connectivity index (χ1) is 8.01. The minimum atomic E-state index is -0.327. The van der Waals surface area contributed by atoms with Gasteiger partial charge in [0.15, 0.2) is 0 Å². The van der Waals surface area contributed by atoms with Gasteiger partial charge in [0.2, 0.25) is 0 Å². The van der Waals surface area contributed by atoms with Gasteiger partial charge in [-0.05, 0) is 31.0 Å². The molecule has 0 saturated heterocycles. The Labute approximate surface area is 102 Å². The zero-order valence-electron chi connectivity index (χ0n) is 10.6. The molecule has 3 N–H and O–H groups in total. The van der Waals surface area contributed by atoms with Crippen LogP contribution in [0.4, 0.5) is 10.1 Å². The molecule has 0 bridgehead atoms. The highest BCUT2D eigenvalue weighted by atomic mass is 19.1. The van der Waals surface area contributed by atoms with Crippen molar-refractivity contribution < 1.29 is 4.39 Å². The number of nitrogen functional groups attached to an aromatic ring is 1. The lowest BCUT2D eigenvalue weighted by molar-refractivity contribution is 0.566. The summed E-state index contributed by atoms with van der Waals surface area (Å²) in [6, 6.07) is 5.01. The zero-order valence-corrected chi connectivity index (χ0v) is 10.6. The van der Waals surface area contributed by atoms with E-state index in [1.165, 1.54) is 6.07 Å². The molecule has 0 amide bonds. The maximum absolute atomic E-state index is 13.9. The number of nitrogens with two attached hydrogens (primary N) is 1.